The molecule has 1 aliphatic rings. The molecule has 98 valence electrons. The number of carbonyl (C=O) groups is 2. The van der Waals surface area contributed by atoms with Gasteiger partial charge in [0.05, 0.1) is 0 Å². The van der Waals surface area contributed by atoms with Crippen molar-refractivity contribution < 1.29 is 19.4 Å². The summed E-state index contributed by atoms with van der Waals surface area (Å²) in [4.78, 5) is 20.4. The van der Waals surface area contributed by atoms with Gasteiger partial charge in [0, 0.05) is 12.5 Å². The molecular weight excluding hydrogens is 220 g/mol. The van der Waals surface area contributed by atoms with Crippen molar-refractivity contribution in [1.29, 1.82) is 0 Å². The summed E-state index contributed by atoms with van der Waals surface area (Å²) in [6.07, 6.45) is 4.82. The van der Waals surface area contributed by atoms with Crippen LogP contribution in [0.5, 0.6) is 0 Å². The molecule has 0 radical (unpaired) electrons. The fourth-order valence-electron chi connectivity index (χ4n) is 1.49. The predicted molar refractivity (Wildman–Crippen MR) is 65.6 cm³/mol. The number of esters is 1. The molecule has 0 saturated heterocycles. The molecule has 0 aliphatic heterocycles. The topological polar surface area (TPSA) is 63.6 Å². The Morgan fingerprint density at radius 1 is 1.29 bits per heavy atom. The molecule has 0 spiro atoms. The zero-order chi connectivity index (χ0) is 13.4. The van der Waals surface area contributed by atoms with Gasteiger partial charge in [0.1, 0.15) is 6.10 Å². The maximum absolute atomic E-state index is 10.4. The van der Waals surface area contributed by atoms with Crippen LogP contribution in [0, 0.1) is 5.92 Å². The first-order chi connectivity index (χ1) is 7.84. The van der Waals surface area contributed by atoms with Crippen molar-refractivity contribution in [1.82, 2.24) is 0 Å². The standard InChI is InChI=1S/C7H12O2.C6H10O2/c1-6(8)9-7-4-2-3-5-7;1-4(2)5(3)6(7)8/h7H,2-5H2,1H3;4H,3H2,1-2H3,(H,7,8). The normalized spacial score (nSPS) is 15.1. The molecule has 1 rings (SSSR count). The van der Waals surface area contributed by atoms with Crippen LogP contribution in [0.25, 0.3) is 0 Å². The number of ether oxygens (including phenoxy) is 1. The monoisotopic (exact) mass is 242 g/mol. The van der Waals surface area contributed by atoms with Gasteiger partial charge in [-0.05, 0) is 31.6 Å². The molecule has 4 heteroatoms. The lowest BCUT2D eigenvalue weighted by molar-refractivity contribution is -0.146. The molecule has 1 aliphatic carbocycles. The van der Waals surface area contributed by atoms with Crippen molar-refractivity contribution in [2.75, 3.05) is 0 Å². The molecule has 4 nitrogen and oxygen atoms in total. The number of rotatable bonds is 3. The molecule has 1 N–H and O–H groups in total. The van der Waals surface area contributed by atoms with E-state index in [-0.39, 0.29) is 23.6 Å². The van der Waals surface area contributed by atoms with Crippen molar-refractivity contribution >= 4 is 11.9 Å². The lowest BCUT2D eigenvalue weighted by atomic mass is 10.1. The number of carboxylic acids is 1. The Labute approximate surface area is 103 Å². The highest BCUT2D eigenvalue weighted by Gasteiger charge is 2.16. The minimum absolute atomic E-state index is 0.0486. The third kappa shape index (κ3) is 7.55. The lowest BCUT2D eigenvalue weighted by Crippen LogP contribution is -2.10. The van der Waals surface area contributed by atoms with Crippen LogP contribution in [0.15, 0.2) is 12.2 Å². The first kappa shape index (κ1) is 15.7. The van der Waals surface area contributed by atoms with Crippen LogP contribution in [0.3, 0.4) is 0 Å². The zero-order valence-corrected chi connectivity index (χ0v) is 10.9. The summed E-state index contributed by atoms with van der Waals surface area (Å²) in [5.74, 6) is -0.991. The summed E-state index contributed by atoms with van der Waals surface area (Å²) in [5, 5.41) is 8.25. The highest BCUT2D eigenvalue weighted by molar-refractivity contribution is 5.86. The second-order valence-electron chi connectivity index (χ2n) is 4.50. The number of carboxylic acid groups (broad SMARTS) is 1. The average molecular weight is 242 g/mol. The number of hydrogen-bond donors (Lipinski definition) is 1. The fourth-order valence-corrected chi connectivity index (χ4v) is 1.49. The zero-order valence-electron chi connectivity index (χ0n) is 10.9. The molecule has 0 amide bonds. The van der Waals surface area contributed by atoms with Gasteiger partial charge < -0.3 is 9.84 Å². The van der Waals surface area contributed by atoms with Gasteiger partial charge in [-0.2, -0.15) is 0 Å². The second-order valence-corrected chi connectivity index (χ2v) is 4.50. The van der Waals surface area contributed by atoms with E-state index < -0.39 is 5.97 Å². The first-order valence-electron chi connectivity index (χ1n) is 5.94. The van der Waals surface area contributed by atoms with Gasteiger partial charge in [-0.1, -0.05) is 20.4 Å². The Kier molecular flexibility index (Phi) is 7.26. The van der Waals surface area contributed by atoms with E-state index in [0.29, 0.717) is 0 Å². The summed E-state index contributed by atoms with van der Waals surface area (Å²) >= 11 is 0. The SMILES string of the molecule is C=C(C(=O)O)C(C)C.CC(=O)OC1CCCC1. The van der Waals surface area contributed by atoms with Gasteiger partial charge in [-0.15, -0.1) is 0 Å². The minimum atomic E-state index is -0.903. The molecular formula is C13H22O4. The molecule has 0 unspecified atom stereocenters. The molecule has 0 heterocycles. The van der Waals surface area contributed by atoms with Gasteiger partial charge >= 0.3 is 11.9 Å². The lowest BCUT2D eigenvalue weighted by Gasteiger charge is -2.07. The molecule has 0 aromatic heterocycles. The van der Waals surface area contributed by atoms with Crippen molar-refractivity contribution in [3.63, 3.8) is 0 Å². The highest BCUT2D eigenvalue weighted by atomic mass is 16.5. The quantitative estimate of drug-likeness (QED) is 0.610. The summed E-state index contributed by atoms with van der Waals surface area (Å²) in [7, 11) is 0. The van der Waals surface area contributed by atoms with Gasteiger partial charge in [0.25, 0.3) is 0 Å². The largest absolute Gasteiger partial charge is 0.478 e. The third-order valence-electron chi connectivity index (χ3n) is 2.61. The van der Waals surface area contributed by atoms with E-state index in [4.69, 9.17) is 9.84 Å². The Bertz CT molecular complexity index is 275. The second kappa shape index (κ2) is 7.87. The van der Waals surface area contributed by atoms with Crippen LogP contribution in [0.2, 0.25) is 0 Å². The average Bonchev–Trinajstić information content (AvgIpc) is 2.68. The van der Waals surface area contributed by atoms with Gasteiger partial charge in [-0.3, -0.25) is 4.79 Å². The van der Waals surface area contributed by atoms with E-state index in [1.807, 2.05) is 0 Å². The predicted octanol–water partition coefficient (Wildman–Crippen LogP) is 2.78. The maximum Gasteiger partial charge on any atom is 0.331 e. The fraction of sp³-hybridized carbons (Fsp3) is 0.692. The molecule has 1 saturated carbocycles. The summed E-state index contributed by atoms with van der Waals surface area (Å²) in [6.45, 7) is 8.43. The highest BCUT2D eigenvalue weighted by Crippen LogP contribution is 2.20. The van der Waals surface area contributed by atoms with Crippen LogP contribution < -0.4 is 0 Å². The van der Waals surface area contributed by atoms with Gasteiger partial charge in [0.15, 0.2) is 0 Å². The van der Waals surface area contributed by atoms with Crippen molar-refractivity contribution in [2.24, 2.45) is 5.92 Å². The van der Waals surface area contributed by atoms with E-state index in [1.54, 1.807) is 13.8 Å². The van der Waals surface area contributed by atoms with Crippen LogP contribution in [-0.4, -0.2) is 23.1 Å². The van der Waals surface area contributed by atoms with Crippen molar-refractivity contribution in [3.8, 4) is 0 Å². The van der Waals surface area contributed by atoms with Gasteiger partial charge in [0.2, 0.25) is 0 Å². The molecule has 0 aromatic carbocycles. The molecule has 0 atom stereocenters. The van der Waals surface area contributed by atoms with E-state index in [0.717, 1.165) is 12.8 Å². The van der Waals surface area contributed by atoms with E-state index in [1.165, 1.54) is 19.8 Å². The molecule has 17 heavy (non-hydrogen) atoms. The van der Waals surface area contributed by atoms with E-state index in [9.17, 15) is 9.59 Å². The third-order valence-corrected chi connectivity index (χ3v) is 2.61. The Hall–Kier alpha value is -1.32. The molecule has 0 bridgehead atoms. The Morgan fingerprint density at radius 3 is 2.00 bits per heavy atom. The van der Waals surface area contributed by atoms with Crippen LogP contribution in [0.1, 0.15) is 46.5 Å². The first-order valence-corrected chi connectivity index (χ1v) is 5.94. The Balaban J connectivity index is 0.000000304. The minimum Gasteiger partial charge on any atom is -0.478 e. The summed E-state index contributed by atoms with van der Waals surface area (Å²) in [5.41, 5.74) is 0.269. The number of aliphatic carboxylic acids is 1. The van der Waals surface area contributed by atoms with Gasteiger partial charge in [-0.25, -0.2) is 4.79 Å². The van der Waals surface area contributed by atoms with E-state index >= 15 is 0 Å². The van der Waals surface area contributed by atoms with E-state index in [2.05, 4.69) is 6.58 Å². The van der Waals surface area contributed by atoms with Crippen molar-refractivity contribution in [2.45, 2.75) is 52.6 Å². The number of carbonyl (C=O) groups excluding carboxylic acids is 1. The Morgan fingerprint density at radius 2 is 1.76 bits per heavy atom. The van der Waals surface area contributed by atoms with Crippen LogP contribution >= 0.6 is 0 Å². The van der Waals surface area contributed by atoms with Crippen LogP contribution in [-0.2, 0) is 14.3 Å². The smallest absolute Gasteiger partial charge is 0.331 e. The van der Waals surface area contributed by atoms with Crippen LogP contribution in [0.4, 0.5) is 0 Å². The summed E-state index contributed by atoms with van der Waals surface area (Å²) in [6, 6.07) is 0. The summed E-state index contributed by atoms with van der Waals surface area (Å²) < 4.78 is 4.97. The maximum atomic E-state index is 10.4. The number of hydrogen-bond acceptors (Lipinski definition) is 3. The molecule has 1 fully saturated rings. The molecule has 0 aromatic rings. The van der Waals surface area contributed by atoms with Crippen molar-refractivity contribution in [3.05, 3.63) is 12.2 Å².